The van der Waals surface area contributed by atoms with Crippen LogP contribution in [-0.2, 0) is 6.54 Å². The molecule has 0 saturated carbocycles. The van der Waals surface area contributed by atoms with Gasteiger partial charge in [-0.15, -0.1) is 0 Å². The lowest BCUT2D eigenvalue weighted by molar-refractivity contribution is 0.0774. The third-order valence-electron chi connectivity index (χ3n) is 2.38. The van der Waals surface area contributed by atoms with Crippen molar-refractivity contribution in [2.75, 3.05) is 7.05 Å². The Bertz CT molecular complexity index is 529. The predicted octanol–water partition coefficient (Wildman–Crippen LogP) is 3.11. The summed E-state index contributed by atoms with van der Waals surface area (Å²) in [6.07, 6.45) is 1.39. The summed E-state index contributed by atoms with van der Waals surface area (Å²) in [6, 6.07) is 5.25. The maximum atomic E-state index is 12.0. The van der Waals surface area contributed by atoms with Crippen molar-refractivity contribution >= 4 is 17.5 Å². The Hall–Kier alpha value is -1.68. The lowest BCUT2D eigenvalue weighted by Crippen LogP contribution is -2.25. The first-order valence-electron chi connectivity index (χ1n) is 5.11. The number of carbonyl (C=O) groups is 1. The fourth-order valence-corrected chi connectivity index (χ4v) is 1.72. The number of hydrogen-bond acceptors (Lipinski definition) is 3. The summed E-state index contributed by atoms with van der Waals surface area (Å²) in [5, 5.41) is 0.109. The van der Waals surface area contributed by atoms with Gasteiger partial charge in [0.1, 0.15) is 11.5 Å². The van der Waals surface area contributed by atoms with Crippen molar-refractivity contribution in [2.45, 2.75) is 13.5 Å². The van der Waals surface area contributed by atoms with E-state index in [1.165, 1.54) is 11.2 Å². The Morgan fingerprint density at radius 2 is 2.18 bits per heavy atom. The minimum absolute atomic E-state index is 0.109. The molecule has 0 spiro atoms. The van der Waals surface area contributed by atoms with Gasteiger partial charge >= 0.3 is 0 Å². The second-order valence-corrected chi connectivity index (χ2v) is 4.12. The van der Waals surface area contributed by atoms with Crippen LogP contribution in [0.5, 0.6) is 0 Å². The molecule has 90 valence electrons. The average molecular weight is 254 g/mol. The zero-order valence-corrected chi connectivity index (χ0v) is 10.3. The van der Waals surface area contributed by atoms with E-state index in [9.17, 15) is 4.79 Å². The zero-order valence-electron chi connectivity index (χ0n) is 9.57. The van der Waals surface area contributed by atoms with Crippen molar-refractivity contribution in [2.24, 2.45) is 0 Å². The molecule has 0 aromatic carbocycles. The van der Waals surface area contributed by atoms with Gasteiger partial charge in [-0.3, -0.25) is 4.79 Å². The Labute approximate surface area is 104 Å². The number of rotatable bonds is 3. The normalized spacial score (nSPS) is 10.5. The highest BCUT2D eigenvalue weighted by Gasteiger charge is 2.18. The lowest BCUT2D eigenvalue weighted by atomic mass is 10.3. The molecule has 0 radical (unpaired) electrons. The number of amides is 1. The maximum absolute atomic E-state index is 12.0. The summed E-state index contributed by atoms with van der Waals surface area (Å²) in [7, 11) is 1.68. The smallest absolute Gasteiger partial charge is 0.258 e. The van der Waals surface area contributed by atoms with E-state index in [1.807, 2.05) is 19.1 Å². The van der Waals surface area contributed by atoms with Gasteiger partial charge in [0.05, 0.1) is 18.4 Å². The molecule has 0 aliphatic heterocycles. The van der Waals surface area contributed by atoms with Crippen molar-refractivity contribution in [3.8, 4) is 0 Å². The molecule has 0 saturated heterocycles. The van der Waals surface area contributed by atoms with Crippen LogP contribution in [-0.4, -0.2) is 17.9 Å². The molecule has 1 amide bonds. The van der Waals surface area contributed by atoms with Crippen LogP contribution in [0.1, 0.15) is 21.9 Å². The van der Waals surface area contributed by atoms with Crippen molar-refractivity contribution in [1.29, 1.82) is 0 Å². The molecule has 0 atom stereocenters. The Morgan fingerprint density at radius 3 is 2.71 bits per heavy atom. The quantitative estimate of drug-likeness (QED) is 0.844. The van der Waals surface area contributed by atoms with E-state index in [-0.39, 0.29) is 11.1 Å². The second kappa shape index (κ2) is 4.67. The monoisotopic (exact) mass is 253 g/mol. The van der Waals surface area contributed by atoms with Crippen LogP contribution < -0.4 is 0 Å². The van der Waals surface area contributed by atoms with Gasteiger partial charge in [0.25, 0.3) is 5.91 Å². The highest BCUT2D eigenvalue weighted by molar-refractivity contribution is 6.32. The number of halogens is 1. The number of furan rings is 2. The van der Waals surface area contributed by atoms with Gasteiger partial charge in [-0.1, -0.05) is 0 Å². The fourth-order valence-electron chi connectivity index (χ4n) is 1.53. The molecule has 0 bridgehead atoms. The molecule has 4 nitrogen and oxygen atoms in total. The fraction of sp³-hybridized carbons (Fsp3) is 0.250. The summed E-state index contributed by atoms with van der Waals surface area (Å²) >= 11 is 5.75. The first kappa shape index (κ1) is 11.8. The summed E-state index contributed by atoms with van der Waals surface area (Å²) in [4.78, 5) is 13.5. The van der Waals surface area contributed by atoms with Crippen LogP contribution in [0.3, 0.4) is 0 Å². The summed E-state index contributed by atoms with van der Waals surface area (Å²) in [6.45, 7) is 2.26. The number of aryl methyl sites for hydroxylation is 1. The Balaban J connectivity index is 2.08. The molecular weight excluding hydrogens is 242 g/mol. The maximum Gasteiger partial charge on any atom is 0.258 e. The van der Waals surface area contributed by atoms with E-state index in [1.54, 1.807) is 13.1 Å². The molecule has 2 aromatic heterocycles. The molecular formula is C12H12ClNO3. The van der Waals surface area contributed by atoms with Crippen molar-refractivity contribution < 1.29 is 13.6 Å². The van der Waals surface area contributed by atoms with Gasteiger partial charge in [-0.05, 0) is 36.7 Å². The molecule has 5 heteroatoms. The van der Waals surface area contributed by atoms with Crippen LogP contribution in [0.25, 0.3) is 0 Å². The third kappa shape index (κ3) is 2.53. The Kier molecular flexibility index (Phi) is 3.24. The largest absolute Gasteiger partial charge is 0.464 e. The van der Waals surface area contributed by atoms with E-state index >= 15 is 0 Å². The van der Waals surface area contributed by atoms with Crippen molar-refractivity contribution in [3.05, 3.63) is 46.8 Å². The molecule has 0 fully saturated rings. The van der Waals surface area contributed by atoms with E-state index in [2.05, 4.69) is 0 Å². The Morgan fingerprint density at radius 1 is 1.41 bits per heavy atom. The lowest BCUT2D eigenvalue weighted by Gasteiger charge is -2.14. The molecule has 2 rings (SSSR count). The van der Waals surface area contributed by atoms with Crippen molar-refractivity contribution in [1.82, 2.24) is 4.90 Å². The zero-order chi connectivity index (χ0) is 12.4. The summed E-state index contributed by atoms with van der Waals surface area (Å²) in [5.74, 6) is 1.36. The molecule has 17 heavy (non-hydrogen) atoms. The SMILES string of the molecule is Cc1ccc(CN(C)C(=O)c2ccoc2Cl)o1. The van der Waals surface area contributed by atoms with Crippen molar-refractivity contribution in [3.63, 3.8) is 0 Å². The van der Waals surface area contributed by atoms with E-state index in [4.69, 9.17) is 20.4 Å². The van der Waals surface area contributed by atoms with E-state index in [0.29, 0.717) is 12.1 Å². The average Bonchev–Trinajstić information content (AvgIpc) is 2.86. The highest BCUT2D eigenvalue weighted by Crippen LogP contribution is 2.19. The summed E-state index contributed by atoms with van der Waals surface area (Å²) < 4.78 is 10.3. The molecule has 0 aliphatic rings. The first-order valence-corrected chi connectivity index (χ1v) is 5.49. The van der Waals surface area contributed by atoms with Gasteiger partial charge in [0.2, 0.25) is 5.22 Å². The molecule has 0 N–H and O–H groups in total. The topological polar surface area (TPSA) is 46.6 Å². The third-order valence-corrected chi connectivity index (χ3v) is 2.68. The van der Waals surface area contributed by atoms with E-state index < -0.39 is 0 Å². The van der Waals surface area contributed by atoms with Crippen LogP contribution in [0, 0.1) is 6.92 Å². The van der Waals surface area contributed by atoms with Gasteiger partial charge < -0.3 is 13.7 Å². The highest BCUT2D eigenvalue weighted by atomic mass is 35.5. The van der Waals surface area contributed by atoms with Crippen LogP contribution >= 0.6 is 11.6 Å². The first-order chi connectivity index (χ1) is 8.08. The minimum atomic E-state index is -0.196. The van der Waals surface area contributed by atoms with Crippen LogP contribution in [0.4, 0.5) is 0 Å². The van der Waals surface area contributed by atoms with Gasteiger partial charge in [-0.2, -0.15) is 0 Å². The van der Waals surface area contributed by atoms with Gasteiger partial charge in [-0.25, -0.2) is 0 Å². The predicted molar refractivity (Wildman–Crippen MR) is 63.0 cm³/mol. The number of hydrogen-bond donors (Lipinski definition) is 0. The van der Waals surface area contributed by atoms with Crippen LogP contribution in [0.2, 0.25) is 5.22 Å². The molecule has 0 unspecified atom stereocenters. The molecule has 2 heterocycles. The standard InChI is InChI=1S/C12H12ClNO3/c1-8-3-4-9(17-8)7-14(2)12(15)10-5-6-16-11(10)13/h3-6H,7H2,1-2H3. The van der Waals surface area contributed by atoms with Gasteiger partial charge in [0, 0.05) is 7.05 Å². The molecule has 2 aromatic rings. The summed E-state index contributed by atoms with van der Waals surface area (Å²) in [5.41, 5.74) is 0.359. The minimum Gasteiger partial charge on any atom is -0.464 e. The van der Waals surface area contributed by atoms with Crippen LogP contribution in [0.15, 0.2) is 33.3 Å². The molecule has 0 aliphatic carbocycles. The van der Waals surface area contributed by atoms with Gasteiger partial charge in [0.15, 0.2) is 0 Å². The number of carbonyl (C=O) groups excluding carboxylic acids is 1. The second-order valence-electron chi connectivity index (χ2n) is 3.78. The number of nitrogens with zero attached hydrogens (tertiary/aromatic N) is 1. The van der Waals surface area contributed by atoms with E-state index in [0.717, 1.165) is 11.5 Å².